The molecule has 0 saturated carbocycles. The molecule has 112 valence electrons. The molecule has 0 amide bonds. The number of nitrogen functional groups attached to an aromatic ring is 1. The van der Waals surface area contributed by atoms with Gasteiger partial charge < -0.3 is 15.8 Å². The molecule has 4 nitrogen and oxygen atoms in total. The molecule has 2 rings (SSSR count). The lowest BCUT2D eigenvalue weighted by molar-refractivity contribution is -0.274. The second-order valence-corrected chi connectivity index (χ2v) is 5.04. The fraction of sp³-hybridized carbons (Fsp3) is 0.154. The van der Waals surface area contributed by atoms with E-state index in [2.05, 4.69) is 31.0 Å². The Kier molecular flexibility index (Phi) is 4.26. The minimum absolute atomic E-state index is 0.178. The summed E-state index contributed by atoms with van der Waals surface area (Å²) in [4.78, 5) is 4.22. The minimum atomic E-state index is -4.73. The Morgan fingerprint density at radius 3 is 2.52 bits per heavy atom. The minimum Gasteiger partial charge on any atom is -0.405 e. The zero-order valence-corrected chi connectivity index (χ0v) is 12.4. The summed E-state index contributed by atoms with van der Waals surface area (Å²) in [5.74, 6) is 0.229. The van der Waals surface area contributed by atoms with Crippen LogP contribution in [0.3, 0.4) is 0 Å². The molecule has 2 aromatic rings. The molecule has 1 aromatic carbocycles. The highest BCUT2D eigenvalue weighted by atomic mass is 79.9. The SMILES string of the molecule is Cc1nc(Nc2ccc(OC(F)(F)F)c(Br)c2)ccc1N. The number of anilines is 3. The molecule has 8 heteroatoms. The van der Waals surface area contributed by atoms with Gasteiger partial charge in [-0.15, -0.1) is 13.2 Å². The number of hydrogen-bond acceptors (Lipinski definition) is 4. The zero-order chi connectivity index (χ0) is 15.6. The van der Waals surface area contributed by atoms with Crippen LogP contribution in [0.2, 0.25) is 0 Å². The number of aryl methyl sites for hydroxylation is 1. The van der Waals surface area contributed by atoms with Crippen LogP contribution >= 0.6 is 15.9 Å². The van der Waals surface area contributed by atoms with E-state index in [-0.39, 0.29) is 10.2 Å². The average molecular weight is 362 g/mol. The molecule has 0 fully saturated rings. The average Bonchev–Trinajstić information content (AvgIpc) is 2.36. The first-order chi connectivity index (χ1) is 9.74. The van der Waals surface area contributed by atoms with Crippen molar-refractivity contribution in [1.29, 1.82) is 0 Å². The number of nitrogens with zero attached hydrogens (tertiary/aromatic N) is 1. The maximum atomic E-state index is 12.2. The number of hydrogen-bond donors (Lipinski definition) is 2. The summed E-state index contributed by atoms with van der Waals surface area (Å²) in [5, 5.41) is 2.97. The lowest BCUT2D eigenvalue weighted by Crippen LogP contribution is -2.17. The van der Waals surface area contributed by atoms with Crippen molar-refractivity contribution in [3.8, 4) is 5.75 Å². The molecule has 0 saturated heterocycles. The van der Waals surface area contributed by atoms with Gasteiger partial charge in [0.1, 0.15) is 11.6 Å². The molecule has 0 radical (unpaired) electrons. The standard InChI is InChI=1S/C13H11BrF3N3O/c1-7-10(18)3-5-12(19-7)20-8-2-4-11(9(14)6-8)21-13(15,16)17/h2-6H,18H2,1H3,(H,19,20). The first-order valence-electron chi connectivity index (χ1n) is 5.80. The van der Waals surface area contributed by atoms with Gasteiger partial charge in [0, 0.05) is 5.69 Å². The Morgan fingerprint density at radius 1 is 1.24 bits per heavy atom. The third kappa shape index (κ3) is 4.25. The van der Waals surface area contributed by atoms with E-state index in [9.17, 15) is 13.2 Å². The molecule has 3 N–H and O–H groups in total. The van der Waals surface area contributed by atoms with Crippen LogP contribution in [0.5, 0.6) is 5.75 Å². The van der Waals surface area contributed by atoms with Crippen LogP contribution in [-0.4, -0.2) is 11.3 Å². The second-order valence-electron chi connectivity index (χ2n) is 4.19. The molecular weight excluding hydrogens is 351 g/mol. The quantitative estimate of drug-likeness (QED) is 0.851. The predicted molar refractivity (Wildman–Crippen MR) is 77.5 cm³/mol. The highest BCUT2D eigenvalue weighted by Gasteiger charge is 2.31. The van der Waals surface area contributed by atoms with E-state index >= 15 is 0 Å². The highest BCUT2D eigenvalue weighted by Crippen LogP contribution is 2.33. The van der Waals surface area contributed by atoms with Crippen molar-refractivity contribution < 1.29 is 17.9 Å². The van der Waals surface area contributed by atoms with Crippen molar-refractivity contribution in [1.82, 2.24) is 4.98 Å². The highest BCUT2D eigenvalue weighted by molar-refractivity contribution is 9.10. The Balaban J connectivity index is 2.18. The Bertz CT molecular complexity index is 662. The number of benzene rings is 1. The van der Waals surface area contributed by atoms with Gasteiger partial charge in [0.2, 0.25) is 0 Å². The molecule has 1 heterocycles. The largest absolute Gasteiger partial charge is 0.573 e. The molecule has 0 aliphatic carbocycles. The van der Waals surface area contributed by atoms with Gasteiger partial charge in [-0.05, 0) is 53.2 Å². The molecule has 0 aliphatic rings. The molecule has 0 bridgehead atoms. The van der Waals surface area contributed by atoms with Gasteiger partial charge in [0.25, 0.3) is 0 Å². The molecule has 0 atom stereocenters. The van der Waals surface area contributed by atoms with Crippen molar-refractivity contribution in [2.45, 2.75) is 13.3 Å². The number of ether oxygens (including phenoxy) is 1. The van der Waals surface area contributed by atoms with Crippen LogP contribution in [0, 0.1) is 6.92 Å². The number of nitrogens with one attached hydrogen (secondary N) is 1. The van der Waals surface area contributed by atoms with Gasteiger partial charge in [0.15, 0.2) is 0 Å². The number of pyridine rings is 1. The molecular formula is C13H11BrF3N3O. The monoisotopic (exact) mass is 361 g/mol. The fourth-order valence-corrected chi connectivity index (χ4v) is 2.04. The van der Waals surface area contributed by atoms with E-state index < -0.39 is 6.36 Å². The van der Waals surface area contributed by atoms with E-state index in [0.717, 1.165) is 0 Å². The van der Waals surface area contributed by atoms with Crippen LogP contribution in [0.1, 0.15) is 5.69 Å². The zero-order valence-electron chi connectivity index (χ0n) is 10.8. The van der Waals surface area contributed by atoms with Gasteiger partial charge in [-0.2, -0.15) is 0 Å². The van der Waals surface area contributed by atoms with E-state index in [1.807, 2.05) is 0 Å². The Labute approximate surface area is 127 Å². The van der Waals surface area contributed by atoms with E-state index in [1.54, 1.807) is 19.1 Å². The van der Waals surface area contributed by atoms with E-state index in [4.69, 9.17) is 5.73 Å². The summed E-state index contributed by atoms with van der Waals surface area (Å²) in [6, 6.07) is 7.51. The summed E-state index contributed by atoms with van der Waals surface area (Å²) in [7, 11) is 0. The van der Waals surface area contributed by atoms with Gasteiger partial charge in [-0.1, -0.05) is 0 Å². The molecule has 0 unspecified atom stereocenters. The predicted octanol–water partition coefficient (Wildman–Crippen LogP) is 4.38. The van der Waals surface area contributed by atoms with Gasteiger partial charge >= 0.3 is 6.36 Å². The lowest BCUT2D eigenvalue weighted by Gasteiger charge is -2.12. The second kappa shape index (κ2) is 5.80. The van der Waals surface area contributed by atoms with Crippen LogP contribution in [0.15, 0.2) is 34.8 Å². The molecule has 0 spiro atoms. The molecule has 1 aromatic heterocycles. The van der Waals surface area contributed by atoms with Gasteiger partial charge in [-0.25, -0.2) is 4.98 Å². The number of rotatable bonds is 3. The molecule has 0 aliphatic heterocycles. The van der Waals surface area contributed by atoms with Crippen LogP contribution in [0.4, 0.5) is 30.4 Å². The van der Waals surface area contributed by atoms with Gasteiger partial charge in [-0.3, -0.25) is 0 Å². The summed E-state index contributed by atoms with van der Waals surface area (Å²) >= 11 is 3.03. The van der Waals surface area contributed by atoms with Gasteiger partial charge in [0.05, 0.1) is 15.9 Å². The smallest absolute Gasteiger partial charge is 0.405 e. The van der Waals surface area contributed by atoms with Crippen molar-refractivity contribution in [2.75, 3.05) is 11.1 Å². The number of aromatic nitrogens is 1. The fourth-order valence-electron chi connectivity index (χ4n) is 1.58. The van der Waals surface area contributed by atoms with E-state index in [1.165, 1.54) is 18.2 Å². The summed E-state index contributed by atoms with van der Waals surface area (Å²) in [6.45, 7) is 1.76. The maximum absolute atomic E-state index is 12.2. The van der Waals surface area contributed by atoms with Crippen LogP contribution in [0.25, 0.3) is 0 Å². The van der Waals surface area contributed by atoms with E-state index in [0.29, 0.717) is 22.9 Å². The Hall–Kier alpha value is -1.96. The number of halogens is 4. The topological polar surface area (TPSA) is 60.2 Å². The number of nitrogens with two attached hydrogens (primary N) is 1. The first kappa shape index (κ1) is 15.4. The maximum Gasteiger partial charge on any atom is 0.573 e. The third-order valence-electron chi connectivity index (χ3n) is 2.56. The summed E-state index contributed by atoms with van der Waals surface area (Å²) < 4.78 is 40.6. The normalized spacial score (nSPS) is 11.3. The third-order valence-corrected chi connectivity index (χ3v) is 3.18. The van der Waals surface area contributed by atoms with Crippen LogP contribution in [-0.2, 0) is 0 Å². The number of alkyl halides is 3. The summed E-state index contributed by atoms with van der Waals surface area (Å²) in [6.07, 6.45) is -4.73. The van der Waals surface area contributed by atoms with Crippen molar-refractivity contribution in [3.05, 3.63) is 40.5 Å². The Morgan fingerprint density at radius 2 is 1.95 bits per heavy atom. The van der Waals surface area contributed by atoms with Crippen LogP contribution < -0.4 is 15.8 Å². The van der Waals surface area contributed by atoms with Crippen molar-refractivity contribution in [3.63, 3.8) is 0 Å². The van der Waals surface area contributed by atoms with Crippen molar-refractivity contribution >= 4 is 33.1 Å². The summed E-state index contributed by atoms with van der Waals surface area (Å²) in [5.41, 5.74) is 7.46. The van der Waals surface area contributed by atoms with Crippen molar-refractivity contribution in [2.24, 2.45) is 0 Å². The molecule has 21 heavy (non-hydrogen) atoms. The first-order valence-corrected chi connectivity index (χ1v) is 6.59. The lowest BCUT2D eigenvalue weighted by atomic mass is 10.3.